The van der Waals surface area contributed by atoms with Crippen molar-refractivity contribution in [2.45, 2.75) is 25.7 Å². The Bertz CT molecular complexity index is 720. The Morgan fingerprint density at radius 3 is 2.69 bits per heavy atom. The zero-order chi connectivity index (χ0) is 17.5. The minimum Gasteiger partial charge on any atom is -0.455 e. The molecule has 26 heavy (non-hydrogen) atoms. The van der Waals surface area contributed by atoms with Gasteiger partial charge >= 0.3 is 0 Å². The number of amides is 1. The predicted molar refractivity (Wildman–Crippen MR) is 104 cm³/mol. The average molecular weight is 379 g/mol. The van der Waals surface area contributed by atoms with Crippen LogP contribution in [0.1, 0.15) is 25.7 Å². The van der Waals surface area contributed by atoms with Crippen LogP contribution in [0.5, 0.6) is 11.5 Å². The van der Waals surface area contributed by atoms with E-state index in [-0.39, 0.29) is 24.1 Å². The molecular formula is C20H24ClFN2O2. The molecule has 3 rings (SSSR count). The van der Waals surface area contributed by atoms with Gasteiger partial charge in [-0.2, -0.15) is 0 Å². The van der Waals surface area contributed by atoms with E-state index in [2.05, 4.69) is 10.6 Å². The predicted octanol–water partition coefficient (Wildman–Crippen LogP) is 4.76. The van der Waals surface area contributed by atoms with Crippen molar-refractivity contribution in [1.82, 2.24) is 5.32 Å². The molecule has 0 aromatic heterocycles. The number of piperidine rings is 1. The SMILES string of the molecule is Cl.O=C(CCC1CCNCC1)Nc1ccccc1Oc1cccc(F)c1. The standard InChI is InChI=1S/C20H23FN2O2.ClH/c21-16-4-3-5-17(14-16)25-19-7-2-1-6-18(19)23-20(24)9-8-15-10-12-22-13-11-15;/h1-7,14-15,22H,8-13H2,(H,23,24);1H. The molecule has 6 heteroatoms. The topological polar surface area (TPSA) is 50.4 Å². The largest absolute Gasteiger partial charge is 0.455 e. The summed E-state index contributed by atoms with van der Waals surface area (Å²) in [6, 6.07) is 13.1. The van der Waals surface area contributed by atoms with Gasteiger partial charge in [0.15, 0.2) is 5.75 Å². The number of rotatable bonds is 6. The summed E-state index contributed by atoms with van der Waals surface area (Å²) in [7, 11) is 0. The van der Waals surface area contributed by atoms with Crippen LogP contribution in [0, 0.1) is 11.7 Å². The third kappa shape index (κ3) is 6.00. The maximum Gasteiger partial charge on any atom is 0.224 e. The fourth-order valence-corrected chi connectivity index (χ4v) is 3.03. The zero-order valence-electron chi connectivity index (χ0n) is 14.5. The van der Waals surface area contributed by atoms with E-state index in [1.165, 1.54) is 12.1 Å². The zero-order valence-corrected chi connectivity index (χ0v) is 15.4. The van der Waals surface area contributed by atoms with E-state index in [9.17, 15) is 9.18 Å². The first-order valence-electron chi connectivity index (χ1n) is 8.74. The van der Waals surface area contributed by atoms with E-state index in [1.54, 1.807) is 24.3 Å². The van der Waals surface area contributed by atoms with Crippen LogP contribution < -0.4 is 15.4 Å². The van der Waals surface area contributed by atoms with Gasteiger partial charge in [0.2, 0.25) is 5.91 Å². The molecule has 1 saturated heterocycles. The van der Waals surface area contributed by atoms with Crippen LogP contribution >= 0.6 is 12.4 Å². The van der Waals surface area contributed by atoms with Gasteiger partial charge in [-0.1, -0.05) is 18.2 Å². The van der Waals surface area contributed by atoms with E-state index >= 15 is 0 Å². The Morgan fingerprint density at radius 2 is 1.92 bits per heavy atom. The number of ether oxygens (including phenoxy) is 1. The maximum atomic E-state index is 13.3. The van der Waals surface area contributed by atoms with Crippen molar-refractivity contribution >= 4 is 24.0 Å². The normalized spacial score (nSPS) is 14.3. The Balaban J connectivity index is 0.00000243. The number of hydrogen-bond acceptors (Lipinski definition) is 3. The van der Waals surface area contributed by atoms with Gasteiger partial charge in [0, 0.05) is 12.5 Å². The van der Waals surface area contributed by atoms with E-state index < -0.39 is 0 Å². The first-order chi connectivity index (χ1) is 12.2. The van der Waals surface area contributed by atoms with Crippen molar-refractivity contribution in [2.24, 2.45) is 5.92 Å². The summed E-state index contributed by atoms with van der Waals surface area (Å²) in [5.41, 5.74) is 0.599. The molecule has 0 spiro atoms. The van der Waals surface area contributed by atoms with Gasteiger partial charge in [-0.25, -0.2) is 4.39 Å². The fraction of sp³-hybridized carbons (Fsp3) is 0.350. The summed E-state index contributed by atoms with van der Waals surface area (Å²) in [6.45, 7) is 2.08. The highest BCUT2D eigenvalue weighted by atomic mass is 35.5. The third-order valence-electron chi connectivity index (χ3n) is 4.42. The molecule has 140 valence electrons. The number of carbonyl (C=O) groups excluding carboxylic acids is 1. The quantitative estimate of drug-likeness (QED) is 0.762. The molecule has 4 nitrogen and oxygen atoms in total. The molecule has 0 bridgehead atoms. The molecule has 0 saturated carbocycles. The lowest BCUT2D eigenvalue weighted by atomic mass is 9.93. The number of nitrogens with one attached hydrogen (secondary N) is 2. The van der Waals surface area contributed by atoms with Gasteiger partial charge in [0.25, 0.3) is 0 Å². The lowest BCUT2D eigenvalue weighted by Gasteiger charge is -2.22. The van der Waals surface area contributed by atoms with Crippen LogP contribution in [-0.4, -0.2) is 19.0 Å². The highest BCUT2D eigenvalue weighted by molar-refractivity contribution is 5.92. The van der Waals surface area contributed by atoms with Gasteiger partial charge in [-0.3, -0.25) is 4.79 Å². The lowest BCUT2D eigenvalue weighted by molar-refractivity contribution is -0.116. The lowest BCUT2D eigenvalue weighted by Crippen LogP contribution is -2.28. The van der Waals surface area contributed by atoms with Crippen LogP contribution in [-0.2, 0) is 4.79 Å². The summed E-state index contributed by atoms with van der Waals surface area (Å²) in [4.78, 5) is 12.3. The van der Waals surface area contributed by atoms with Gasteiger partial charge in [-0.05, 0) is 62.5 Å². The molecule has 1 amide bonds. The number of para-hydroxylation sites is 2. The Hall–Kier alpha value is -2.11. The number of anilines is 1. The average Bonchev–Trinajstić information content (AvgIpc) is 2.63. The first-order valence-corrected chi connectivity index (χ1v) is 8.74. The van der Waals surface area contributed by atoms with Crippen molar-refractivity contribution < 1.29 is 13.9 Å². The van der Waals surface area contributed by atoms with Gasteiger partial charge in [0.05, 0.1) is 5.69 Å². The monoisotopic (exact) mass is 378 g/mol. The minimum absolute atomic E-state index is 0. The highest BCUT2D eigenvalue weighted by Crippen LogP contribution is 2.30. The summed E-state index contributed by atoms with van der Waals surface area (Å²) in [5, 5.41) is 6.24. The van der Waals surface area contributed by atoms with Gasteiger partial charge in [0.1, 0.15) is 11.6 Å². The van der Waals surface area contributed by atoms with E-state index in [0.29, 0.717) is 29.5 Å². The van der Waals surface area contributed by atoms with Crippen molar-refractivity contribution in [1.29, 1.82) is 0 Å². The van der Waals surface area contributed by atoms with Crippen molar-refractivity contribution in [3.05, 3.63) is 54.3 Å². The van der Waals surface area contributed by atoms with E-state index in [4.69, 9.17) is 4.74 Å². The molecule has 1 aliphatic rings. The molecule has 1 aliphatic heterocycles. The molecule has 2 N–H and O–H groups in total. The third-order valence-corrected chi connectivity index (χ3v) is 4.42. The first kappa shape index (κ1) is 20.2. The Labute approximate surface area is 159 Å². The summed E-state index contributed by atoms with van der Waals surface area (Å²) in [5.74, 6) is 1.14. The molecule has 0 aliphatic carbocycles. The molecule has 1 fully saturated rings. The van der Waals surface area contributed by atoms with Crippen molar-refractivity contribution in [2.75, 3.05) is 18.4 Å². The smallest absolute Gasteiger partial charge is 0.224 e. The number of halogens is 2. The van der Waals surface area contributed by atoms with Crippen LogP contribution in [0.3, 0.4) is 0 Å². The van der Waals surface area contributed by atoms with Crippen LogP contribution in [0.15, 0.2) is 48.5 Å². The van der Waals surface area contributed by atoms with Gasteiger partial charge in [-0.15, -0.1) is 12.4 Å². The highest BCUT2D eigenvalue weighted by Gasteiger charge is 2.15. The molecule has 2 aromatic carbocycles. The minimum atomic E-state index is -0.360. The van der Waals surface area contributed by atoms with E-state index in [0.717, 1.165) is 32.4 Å². The molecule has 2 aromatic rings. The summed E-state index contributed by atoms with van der Waals surface area (Å²) >= 11 is 0. The Kier molecular flexibility index (Phi) is 7.88. The summed E-state index contributed by atoms with van der Waals surface area (Å²) in [6.07, 6.45) is 3.67. The van der Waals surface area contributed by atoms with Crippen molar-refractivity contribution in [3.63, 3.8) is 0 Å². The van der Waals surface area contributed by atoms with E-state index in [1.807, 2.05) is 12.1 Å². The molecule has 0 atom stereocenters. The van der Waals surface area contributed by atoms with Crippen LogP contribution in [0.25, 0.3) is 0 Å². The Morgan fingerprint density at radius 1 is 1.15 bits per heavy atom. The number of carbonyl (C=O) groups is 1. The molecule has 0 unspecified atom stereocenters. The molecular weight excluding hydrogens is 355 g/mol. The second kappa shape index (κ2) is 10.1. The summed E-state index contributed by atoms with van der Waals surface area (Å²) < 4.78 is 19.0. The number of hydrogen-bond donors (Lipinski definition) is 2. The van der Waals surface area contributed by atoms with Crippen LogP contribution in [0.4, 0.5) is 10.1 Å². The second-order valence-electron chi connectivity index (χ2n) is 6.34. The molecule has 0 radical (unpaired) electrons. The van der Waals surface area contributed by atoms with Crippen LogP contribution in [0.2, 0.25) is 0 Å². The second-order valence-corrected chi connectivity index (χ2v) is 6.34. The molecule has 1 heterocycles. The number of benzene rings is 2. The van der Waals surface area contributed by atoms with Gasteiger partial charge < -0.3 is 15.4 Å². The fourth-order valence-electron chi connectivity index (χ4n) is 3.03. The van der Waals surface area contributed by atoms with Crippen molar-refractivity contribution in [3.8, 4) is 11.5 Å². The maximum absolute atomic E-state index is 13.3.